The summed E-state index contributed by atoms with van der Waals surface area (Å²) in [6.45, 7) is 4.78. The van der Waals surface area contributed by atoms with Gasteiger partial charge in [-0.05, 0) is 59.3 Å². The van der Waals surface area contributed by atoms with Gasteiger partial charge in [-0.1, -0.05) is 11.6 Å². The second-order valence-electron chi connectivity index (χ2n) is 4.52. The zero-order chi connectivity index (χ0) is 12.3. The lowest BCUT2D eigenvalue weighted by atomic mass is 10.0. The van der Waals surface area contributed by atoms with Crippen molar-refractivity contribution in [3.8, 4) is 0 Å². The van der Waals surface area contributed by atoms with E-state index in [1.54, 1.807) is 0 Å². The summed E-state index contributed by atoms with van der Waals surface area (Å²) in [7, 11) is 0. The van der Waals surface area contributed by atoms with Crippen molar-refractivity contribution >= 4 is 33.2 Å². The monoisotopic (exact) mass is 317 g/mol. The summed E-state index contributed by atoms with van der Waals surface area (Å²) >= 11 is 9.69. The van der Waals surface area contributed by atoms with Crippen LogP contribution in [0, 0.1) is 12.8 Å². The van der Waals surface area contributed by atoms with Gasteiger partial charge in [0.2, 0.25) is 0 Å². The summed E-state index contributed by atoms with van der Waals surface area (Å²) in [4.78, 5) is 0. The first-order chi connectivity index (χ1) is 8.16. The smallest absolute Gasteiger partial charge is 0.0499 e. The molecule has 1 aliphatic rings. The van der Waals surface area contributed by atoms with Gasteiger partial charge in [0, 0.05) is 34.9 Å². The van der Waals surface area contributed by atoms with Gasteiger partial charge in [-0.15, -0.1) is 0 Å². The molecule has 0 saturated carbocycles. The number of hydrogen-bond acceptors (Lipinski definition) is 2. The SMILES string of the molecule is Cc1cc(Br)c(NCC2CCOCC2)cc1Cl. The van der Waals surface area contributed by atoms with Crippen LogP contribution in [0.3, 0.4) is 0 Å². The number of nitrogens with one attached hydrogen (secondary N) is 1. The number of rotatable bonds is 3. The van der Waals surface area contributed by atoms with Gasteiger partial charge >= 0.3 is 0 Å². The average molecular weight is 319 g/mol. The molecule has 1 fully saturated rings. The second-order valence-corrected chi connectivity index (χ2v) is 5.78. The fourth-order valence-electron chi connectivity index (χ4n) is 1.99. The van der Waals surface area contributed by atoms with Crippen LogP contribution in [0.15, 0.2) is 16.6 Å². The molecule has 0 aromatic heterocycles. The van der Waals surface area contributed by atoms with Gasteiger partial charge in [-0.25, -0.2) is 0 Å². The zero-order valence-electron chi connectivity index (χ0n) is 9.93. The Morgan fingerprint density at radius 3 is 2.82 bits per heavy atom. The first-order valence-corrected chi connectivity index (χ1v) is 7.11. The van der Waals surface area contributed by atoms with Gasteiger partial charge < -0.3 is 10.1 Å². The van der Waals surface area contributed by atoms with Crippen molar-refractivity contribution in [1.82, 2.24) is 0 Å². The van der Waals surface area contributed by atoms with E-state index < -0.39 is 0 Å². The first kappa shape index (κ1) is 13.2. The van der Waals surface area contributed by atoms with Crippen LogP contribution in [0.25, 0.3) is 0 Å². The number of hydrogen-bond donors (Lipinski definition) is 1. The molecular weight excluding hydrogens is 302 g/mol. The summed E-state index contributed by atoms with van der Waals surface area (Å²) in [6.07, 6.45) is 2.29. The predicted octanol–water partition coefficient (Wildman–Crippen LogP) is 4.25. The van der Waals surface area contributed by atoms with E-state index in [2.05, 4.69) is 27.3 Å². The molecular formula is C13H17BrClNO. The lowest BCUT2D eigenvalue weighted by Gasteiger charge is -2.23. The molecule has 2 rings (SSSR count). The van der Waals surface area contributed by atoms with Crippen LogP contribution in [0.5, 0.6) is 0 Å². The van der Waals surface area contributed by atoms with E-state index in [9.17, 15) is 0 Å². The Labute approximate surface area is 116 Å². The maximum Gasteiger partial charge on any atom is 0.0499 e. The lowest BCUT2D eigenvalue weighted by molar-refractivity contribution is 0.0699. The van der Waals surface area contributed by atoms with Crippen LogP contribution in [0.1, 0.15) is 18.4 Å². The fraction of sp³-hybridized carbons (Fsp3) is 0.538. The Morgan fingerprint density at radius 1 is 1.41 bits per heavy atom. The molecule has 0 unspecified atom stereocenters. The van der Waals surface area contributed by atoms with E-state index in [4.69, 9.17) is 16.3 Å². The highest BCUT2D eigenvalue weighted by Gasteiger charge is 2.14. The minimum Gasteiger partial charge on any atom is -0.384 e. The van der Waals surface area contributed by atoms with Gasteiger partial charge in [-0.2, -0.15) is 0 Å². The highest BCUT2D eigenvalue weighted by atomic mass is 79.9. The zero-order valence-corrected chi connectivity index (χ0v) is 12.3. The van der Waals surface area contributed by atoms with E-state index in [-0.39, 0.29) is 0 Å². The summed E-state index contributed by atoms with van der Waals surface area (Å²) in [5.74, 6) is 0.704. The molecule has 4 heteroatoms. The van der Waals surface area contributed by atoms with Gasteiger partial charge in [-0.3, -0.25) is 0 Å². The largest absolute Gasteiger partial charge is 0.384 e. The van der Waals surface area contributed by atoms with Crippen molar-refractivity contribution in [2.24, 2.45) is 5.92 Å². The Balaban J connectivity index is 1.96. The van der Waals surface area contributed by atoms with E-state index >= 15 is 0 Å². The molecule has 1 heterocycles. The average Bonchev–Trinajstić information content (AvgIpc) is 2.33. The number of halogens is 2. The molecule has 0 spiro atoms. The van der Waals surface area contributed by atoms with E-state index in [0.717, 1.165) is 53.3 Å². The third-order valence-electron chi connectivity index (χ3n) is 3.17. The maximum absolute atomic E-state index is 6.13. The Bertz CT molecular complexity index is 391. The van der Waals surface area contributed by atoms with E-state index in [0.29, 0.717) is 5.92 Å². The molecule has 1 N–H and O–H groups in total. The molecule has 0 aliphatic carbocycles. The second kappa shape index (κ2) is 6.07. The highest BCUT2D eigenvalue weighted by molar-refractivity contribution is 9.10. The Morgan fingerprint density at radius 2 is 2.12 bits per heavy atom. The molecule has 0 atom stereocenters. The van der Waals surface area contributed by atoms with Crippen LogP contribution in [0.2, 0.25) is 5.02 Å². The standard InChI is InChI=1S/C13H17BrClNO/c1-9-6-11(14)13(7-12(9)15)16-8-10-2-4-17-5-3-10/h6-7,10,16H,2-5,8H2,1H3. The summed E-state index contributed by atoms with van der Waals surface area (Å²) in [5, 5.41) is 4.27. The highest BCUT2D eigenvalue weighted by Crippen LogP contribution is 2.29. The molecule has 1 aliphatic heterocycles. The maximum atomic E-state index is 6.13. The van der Waals surface area contributed by atoms with Crippen LogP contribution >= 0.6 is 27.5 Å². The molecule has 2 nitrogen and oxygen atoms in total. The van der Waals surface area contributed by atoms with Crippen LogP contribution < -0.4 is 5.32 Å². The van der Waals surface area contributed by atoms with Gasteiger partial charge in [0.05, 0.1) is 0 Å². The molecule has 17 heavy (non-hydrogen) atoms. The van der Waals surface area contributed by atoms with Crippen LogP contribution in [-0.4, -0.2) is 19.8 Å². The Hall–Kier alpha value is -0.250. The van der Waals surface area contributed by atoms with Crippen LogP contribution in [-0.2, 0) is 4.74 Å². The van der Waals surface area contributed by atoms with E-state index in [1.807, 2.05) is 13.0 Å². The third kappa shape index (κ3) is 3.60. The van der Waals surface area contributed by atoms with Gasteiger partial charge in [0.1, 0.15) is 0 Å². The van der Waals surface area contributed by atoms with Crippen molar-refractivity contribution in [2.45, 2.75) is 19.8 Å². The molecule has 94 valence electrons. The molecule has 1 aromatic carbocycles. The minimum atomic E-state index is 0.704. The van der Waals surface area contributed by atoms with Crippen molar-refractivity contribution in [3.05, 3.63) is 27.2 Å². The number of aryl methyl sites for hydroxylation is 1. The van der Waals surface area contributed by atoms with Crippen molar-refractivity contribution < 1.29 is 4.74 Å². The van der Waals surface area contributed by atoms with Gasteiger partial charge in [0.25, 0.3) is 0 Å². The normalized spacial score (nSPS) is 17.1. The van der Waals surface area contributed by atoms with Crippen molar-refractivity contribution in [2.75, 3.05) is 25.1 Å². The first-order valence-electron chi connectivity index (χ1n) is 5.94. The summed E-state index contributed by atoms with van der Waals surface area (Å²) < 4.78 is 6.43. The van der Waals surface area contributed by atoms with E-state index in [1.165, 1.54) is 0 Å². The summed E-state index contributed by atoms with van der Waals surface area (Å²) in [5.41, 5.74) is 2.17. The third-order valence-corrected chi connectivity index (χ3v) is 4.23. The molecule has 1 saturated heterocycles. The number of ether oxygens (including phenoxy) is 1. The quantitative estimate of drug-likeness (QED) is 0.899. The topological polar surface area (TPSA) is 21.3 Å². The molecule has 1 aromatic rings. The number of benzene rings is 1. The van der Waals surface area contributed by atoms with Crippen molar-refractivity contribution in [3.63, 3.8) is 0 Å². The van der Waals surface area contributed by atoms with Gasteiger partial charge in [0.15, 0.2) is 0 Å². The van der Waals surface area contributed by atoms with Crippen molar-refractivity contribution in [1.29, 1.82) is 0 Å². The Kier molecular flexibility index (Phi) is 4.71. The molecule has 0 radical (unpaired) electrons. The molecule has 0 bridgehead atoms. The summed E-state index contributed by atoms with van der Waals surface area (Å²) in [6, 6.07) is 4.04. The fourth-order valence-corrected chi connectivity index (χ4v) is 2.75. The van der Waals surface area contributed by atoms with Crippen LogP contribution in [0.4, 0.5) is 5.69 Å². The molecule has 0 amide bonds. The minimum absolute atomic E-state index is 0.704. The predicted molar refractivity (Wildman–Crippen MR) is 75.9 cm³/mol. The number of anilines is 1. The lowest BCUT2D eigenvalue weighted by Crippen LogP contribution is -2.22.